The lowest BCUT2D eigenvalue weighted by atomic mass is 9.99. The summed E-state index contributed by atoms with van der Waals surface area (Å²) in [6.07, 6.45) is 0.234. The van der Waals surface area contributed by atoms with E-state index in [2.05, 4.69) is 5.32 Å². The topological polar surface area (TPSA) is 97.4 Å². The van der Waals surface area contributed by atoms with E-state index in [4.69, 9.17) is 14.2 Å². The van der Waals surface area contributed by atoms with Crippen molar-refractivity contribution in [2.75, 3.05) is 45.8 Å². The highest BCUT2D eigenvalue weighted by Gasteiger charge is 2.34. The Hall–Kier alpha value is -3.75. The predicted octanol–water partition coefficient (Wildman–Crippen LogP) is 3.82. The van der Waals surface area contributed by atoms with Crippen molar-refractivity contribution in [1.29, 1.82) is 0 Å². The van der Waals surface area contributed by atoms with Crippen LogP contribution in [0, 0.1) is 5.92 Å². The number of ether oxygens (including phenoxy) is 3. The van der Waals surface area contributed by atoms with Crippen LogP contribution in [0.25, 0.3) is 0 Å². The van der Waals surface area contributed by atoms with Crippen molar-refractivity contribution in [2.45, 2.75) is 33.2 Å². The minimum absolute atomic E-state index is 0.00457. The van der Waals surface area contributed by atoms with Gasteiger partial charge in [0, 0.05) is 25.3 Å². The van der Waals surface area contributed by atoms with Gasteiger partial charge in [-0.05, 0) is 48.7 Å². The third-order valence-corrected chi connectivity index (χ3v) is 6.23. The Morgan fingerprint density at radius 1 is 1.03 bits per heavy atom. The third kappa shape index (κ3) is 6.47. The fraction of sp³-hybridized carbons (Fsp3) is 0.444. The molecule has 9 heteroatoms. The molecule has 0 bridgehead atoms. The molecular weight excluding hydrogens is 462 g/mol. The summed E-state index contributed by atoms with van der Waals surface area (Å²) in [7, 11) is 3.13. The SMILES string of the molecule is CCOC(=O)c1cccc(NC(=O)N2CCN(C(=O)Cc3ccc(OC)c(OC)c3)CC2C(C)C)c1. The van der Waals surface area contributed by atoms with Gasteiger partial charge >= 0.3 is 12.0 Å². The van der Waals surface area contributed by atoms with Crippen molar-refractivity contribution in [2.24, 2.45) is 5.92 Å². The van der Waals surface area contributed by atoms with Crippen LogP contribution in [-0.2, 0) is 16.0 Å². The highest BCUT2D eigenvalue weighted by Crippen LogP contribution is 2.28. The second-order valence-electron chi connectivity index (χ2n) is 8.94. The number of nitrogens with zero attached hydrogens (tertiary/aromatic N) is 2. The summed E-state index contributed by atoms with van der Waals surface area (Å²) >= 11 is 0. The fourth-order valence-corrected chi connectivity index (χ4v) is 4.27. The van der Waals surface area contributed by atoms with Crippen LogP contribution in [0.2, 0.25) is 0 Å². The number of carbonyl (C=O) groups excluding carboxylic acids is 3. The molecule has 2 aromatic carbocycles. The van der Waals surface area contributed by atoms with Crippen LogP contribution in [-0.4, -0.2) is 74.2 Å². The maximum atomic E-state index is 13.2. The fourth-order valence-electron chi connectivity index (χ4n) is 4.27. The van der Waals surface area contributed by atoms with Crippen LogP contribution in [0.3, 0.4) is 0 Å². The first-order valence-corrected chi connectivity index (χ1v) is 12.1. The van der Waals surface area contributed by atoms with Crippen molar-refractivity contribution in [3.63, 3.8) is 0 Å². The molecule has 1 aliphatic rings. The Morgan fingerprint density at radius 2 is 1.78 bits per heavy atom. The summed E-state index contributed by atoms with van der Waals surface area (Å²) in [4.78, 5) is 41.9. The van der Waals surface area contributed by atoms with E-state index >= 15 is 0 Å². The lowest BCUT2D eigenvalue weighted by Crippen LogP contribution is -2.59. The highest BCUT2D eigenvalue weighted by atomic mass is 16.5. The Morgan fingerprint density at radius 3 is 2.44 bits per heavy atom. The largest absolute Gasteiger partial charge is 0.493 e. The molecule has 1 aliphatic heterocycles. The molecular formula is C27H35N3O6. The molecule has 2 aromatic rings. The maximum Gasteiger partial charge on any atom is 0.338 e. The normalized spacial score (nSPS) is 15.4. The number of carbonyl (C=O) groups is 3. The number of anilines is 1. The van der Waals surface area contributed by atoms with Crippen LogP contribution >= 0.6 is 0 Å². The number of amides is 3. The molecule has 0 aliphatic carbocycles. The van der Waals surface area contributed by atoms with Gasteiger partial charge in [-0.2, -0.15) is 0 Å². The van der Waals surface area contributed by atoms with Crippen LogP contribution in [0.4, 0.5) is 10.5 Å². The molecule has 1 heterocycles. The molecule has 0 spiro atoms. The van der Waals surface area contributed by atoms with E-state index in [1.165, 1.54) is 0 Å². The molecule has 1 unspecified atom stereocenters. The summed E-state index contributed by atoms with van der Waals surface area (Å²) in [5.41, 5.74) is 1.72. The Labute approximate surface area is 212 Å². The zero-order valence-corrected chi connectivity index (χ0v) is 21.6. The molecule has 0 saturated carbocycles. The minimum atomic E-state index is -0.435. The number of benzene rings is 2. The number of hydrogen-bond donors (Lipinski definition) is 1. The number of nitrogens with one attached hydrogen (secondary N) is 1. The van der Waals surface area contributed by atoms with Gasteiger partial charge in [0.25, 0.3) is 0 Å². The van der Waals surface area contributed by atoms with E-state index in [0.29, 0.717) is 42.4 Å². The molecule has 1 atom stereocenters. The number of urea groups is 1. The summed E-state index contributed by atoms with van der Waals surface area (Å²) in [6, 6.07) is 11.7. The molecule has 36 heavy (non-hydrogen) atoms. The zero-order chi connectivity index (χ0) is 26.2. The van der Waals surface area contributed by atoms with E-state index in [-0.39, 0.29) is 36.9 Å². The van der Waals surface area contributed by atoms with Gasteiger partial charge < -0.3 is 29.3 Å². The molecule has 0 aromatic heterocycles. The smallest absolute Gasteiger partial charge is 0.338 e. The molecule has 194 valence electrons. The average molecular weight is 498 g/mol. The Balaban J connectivity index is 1.66. The van der Waals surface area contributed by atoms with E-state index in [9.17, 15) is 14.4 Å². The molecule has 3 rings (SSSR count). The van der Waals surface area contributed by atoms with E-state index in [1.807, 2.05) is 30.9 Å². The van der Waals surface area contributed by atoms with Crippen molar-refractivity contribution >= 4 is 23.6 Å². The number of methoxy groups -OCH3 is 2. The van der Waals surface area contributed by atoms with Crippen LogP contribution in [0.5, 0.6) is 11.5 Å². The first-order valence-electron chi connectivity index (χ1n) is 12.1. The quantitative estimate of drug-likeness (QED) is 0.557. The summed E-state index contributed by atoms with van der Waals surface area (Å²) < 4.78 is 15.7. The van der Waals surface area contributed by atoms with Crippen molar-refractivity contribution in [1.82, 2.24) is 9.80 Å². The molecule has 1 fully saturated rings. The van der Waals surface area contributed by atoms with Gasteiger partial charge in [-0.3, -0.25) is 4.79 Å². The minimum Gasteiger partial charge on any atom is -0.493 e. The second kappa shape index (κ2) is 12.3. The summed E-state index contributed by atoms with van der Waals surface area (Å²) in [5, 5.41) is 2.89. The van der Waals surface area contributed by atoms with Gasteiger partial charge in [-0.15, -0.1) is 0 Å². The number of rotatable bonds is 8. The average Bonchev–Trinajstić information content (AvgIpc) is 2.88. The van der Waals surface area contributed by atoms with Gasteiger partial charge in [-0.1, -0.05) is 26.0 Å². The third-order valence-electron chi connectivity index (χ3n) is 6.23. The highest BCUT2D eigenvalue weighted by molar-refractivity contribution is 5.94. The van der Waals surface area contributed by atoms with Crippen LogP contribution in [0.1, 0.15) is 36.7 Å². The van der Waals surface area contributed by atoms with Crippen molar-refractivity contribution in [3.8, 4) is 11.5 Å². The Bertz CT molecular complexity index is 1090. The van der Waals surface area contributed by atoms with E-state index in [1.54, 1.807) is 56.4 Å². The molecule has 1 N–H and O–H groups in total. The van der Waals surface area contributed by atoms with E-state index in [0.717, 1.165) is 5.56 Å². The molecule has 3 amide bonds. The zero-order valence-electron chi connectivity index (χ0n) is 21.6. The summed E-state index contributed by atoms with van der Waals surface area (Å²) in [5.74, 6) is 0.890. The van der Waals surface area contributed by atoms with Crippen LogP contribution < -0.4 is 14.8 Å². The Kier molecular flexibility index (Phi) is 9.16. The van der Waals surface area contributed by atoms with Crippen molar-refractivity contribution < 1.29 is 28.6 Å². The number of piperazine rings is 1. The van der Waals surface area contributed by atoms with Crippen LogP contribution in [0.15, 0.2) is 42.5 Å². The molecule has 9 nitrogen and oxygen atoms in total. The van der Waals surface area contributed by atoms with Gasteiger partial charge in [0.15, 0.2) is 11.5 Å². The van der Waals surface area contributed by atoms with E-state index < -0.39 is 5.97 Å². The monoisotopic (exact) mass is 497 g/mol. The lowest BCUT2D eigenvalue weighted by Gasteiger charge is -2.43. The number of esters is 1. The second-order valence-corrected chi connectivity index (χ2v) is 8.94. The first kappa shape index (κ1) is 26.8. The summed E-state index contributed by atoms with van der Waals surface area (Å²) in [6.45, 7) is 7.38. The molecule has 0 radical (unpaired) electrons. The standard InChI is InChI=1S/C27H35N3O6/c1-6-36-26(32)20-8-7-9-21(16-20)28-27(33)30-13-12-29(17-22(30)18(2)3)25(31)15-19-10-11-23(34-4)24(14-19)35-5/h7-11,14,16,18,22H,6,12-13,15,17H2,1-5H3,(H,28,33). The van der Waals surface area contributed by atoms with Crippen molar-refractivity contribution in [3.05, 3.63) is 53.6 Å². The molecule has 1 saturated heterocycles. The van der Waals surface area contributed by atoms with Gasteiger partial charge in [-0.25, -0.2) is 9.59 Å². The first-order chi connectivity index (χ1) is 17.3. The van der Waals surface area contributed by atoms with Gasteiger partial charge in [0.1, 0.15) is 0 Å². The maximum absolute atomic E-state index is 13.2. The lowest BCUT2D eigenvalue weighted by molar-refractivity contribution is -0.133. The number of hydrogen-bond acceptors (Lipinski definition) is 6. The van der Waals surface area contributed by atoms with Gasteiger partial charge in [0.05, 0.1) is 38.9 Å². The predicted molar refractivity (Wildman–Crippen MR) is 137 cm³/mol. The van der Waals surface area contributed by atoms with Gasteiger partial charge in [0.2, 0.25) is 5.91 Å².